The standard InChI is InChI=1S/C24H23N3O4S3.2C23H20N4O3S2.C15H13N3O2S2.BrH/c28-24(25-14-18-5-2-1-3-6-18)27-20(23-26-21(15-33-23)22-7-4-12-32-22)13-17-8-10-19(11-9-17)16-34(29,30)31;2*28-23(24-14-17-5-2-1-3-6-17)26-19(13-16-8-10-18(11-9-16)27(29)30)22-25-20(15-32-22)21-7-4-12-31-21;16-12(8-10-3-5-11(6-4-10)18(19)20)15-17-13(9-22-15)14-2-1-7-21-14;/h1-12,15,20H,13-14,16H2,(H2,25,27,28)(H,29,30,31);2*1-12,15,19H,13-14H2,(H2,24,26,28);1-7,9,12H,8,16H2;1H/t20-;2*19-;12-;/m0000./s1. The molecule has 0 saturated carbocycles. The maximum atomic E-state index is 12.7. The largest absolute Gasteiger partial charge is 0.334 e. The molecular weight excluding hydrogens is 1780 g/mol. The van der Waals surface area contributed by atoms with Gasteiger partial charge in [-0.25, -0.2) is 34.3 Å². The number of hydrogen-bond donors (Lipinski definition) is 8. The zero-order valence-electron chi connectivity index (χ0n) is 63.8. The van der Waals surface area contributed by atoms with Gasteiger partial charge in [0.25, 0.3) is 27.2 Å². The molecule has 0 aliphatic heterocycles. The summed E-state index contributed by atoms with van der Waals surface area (Å²) in [6, 6.07) is 68.9. The average molecular weight is 1860 g/mol. The Morgan fingerprint density at radius 3 is 0.868 bits per heavy atom. The number of halogens is 1. The lowest BCUT2D eigenvalue weighted by atomic mass is 10.0. The number of nitrogens with one attached hydrogen (secondary N) is 6. The van der Waals surface area contributed by atoms with E-state index in [0.29, 0.717) is 50.9 Å². The highest BCUT2D eigenvalue weighted by molar-refractivity contribution is 8.93. The second kappa shape index (κ2) is 45.0. The molecule has 8 aromatic heterocycles. The van der Waals surface area contributed by atoms with Crippen molar-refractivity contribution in [3.8, 4) is 42.3 Å². The van der Waals surface area contributed by atoms with E-state index < -0.39 is 30.6 Å². The van der Waals surface area contributed by atoms with Crippen molar-refractivity contribution >= 4 is 153 Å². The molecule has 15 aromatic rings. The molecule has 6 amide bonds. The summed E-state index contributed by atoms with van der Waals surface area (Å²) < 4.78 is 31.3. The molecule has 0 aliphatic rings. The van der Waals surface area contributed by atoms with Crippen molar-refractivity contribution in [3.63, 3.8) is 0 Å². The number of nitro benzene ring substituents is 3. The minimum absolute atomic E-state index is 0. The Hall–Kier alpha value is -11.8. The van der Waals surface area contributed by atoms with E-state index in [-0.39, 0.29) is 76.3 Å². The Labute approximate surface area is 738 Å². The maximum Gasteiger partial charge on any atom is 0.315 e. The molecule has 121 heavy (non-hydrogen) atoms. The van der Waals surface area contributed by atoms with Gasteiger partial charge in [-0.2, -0.15) is 8.42 Å². The predicted octanol–water partition coefficient (Wildman–Crippen LogP) is 20.8. The Bertz CT molecular complexity index is 5690. The Morgan fingerprint density at radius 2 is 0.603 bits per heavy atom. The lowest BCUT2D eigenvalue weighted by molar-refractivity contribution is -0.385. The van der Waals surface area contributed by atoms with Crippen LogP contribution >= 0.6 is 108 Å². The third-order valence-electron chi connectivity index (χ3n) is 17.8. The van der Waals surface area contributed by atoms with Crippen LogP contribution in [-0.2, 0) is 61.2 Å². The lowest BCUT2D eigenvalue weighted by Crippen LogP contribution is -2.38. The minimum Gasteiger partial charge on any atom is -0.334 e. The molecule has 0 aliphatic carbocycles. The second-order valence-corrected chi connectivity index (χ2v) is 35.3. The summed E-state index contributed by atoms with van der Waals surface area (Å²) in [7, 11) is -4.09. The first-order chi connectivity index (χ1) is 58.1. The van der Waals surface area contributed by atoms with Gasteiger partial charge in [0.15, 0.2) is 0 Å². The number of hydrogen-bond acceptors (Lipinski definition) is 24. The number of nitrogens with two attached hydrogens (primary N) is 1. The molecule has 36 heteroatoms. The van der Waals surface area contributed by atoms with Gasteiger partial charge in [0, 0.05) is 77.6 Å². The number of amides is 6. The van der Waals surface area contributed by atoms with Crippen molar-refractivity contribution in [2.75, 3.05) is 0 Å². The number of urea groups is 3. The normalized spacial score (nSPS) is 11.8. The van der Waals surface area contributed by atoms with Gasteiger partial charge >= 0.3 is 18.1 Å². The third kappa shape index (κ3) is 28.2. The summed E-state index contributed by atoms with van der Waals surface area (Å²) in [6.45, 7) is 1.23. The Morgan fingerprint density at radius 1 is 0.347 bits per heavy atom. The quantitative estimate of drug-likeness (QED) is 0.0118. The van der Waals surface area contributed by atoms with Crippen LogP contribution in [0.15, 0.2) is 280 Å². The number of thiophene rings is 4. The molecule has 0 radical (unpaired) electrons. The van der Waals surface area contributed by atoms with Gasteiger partial charge in [-0.1, -0.05) is 176 Å². The number of aromatic nitrogens is 4. The fourth-order valence-electron chi connectivity index (χ4n) is 11.8. The first-order valence-corrected chi connectivity index (χ1v) is 45.5. The molecule has 620 valence electrons. The SMILES string of the molecule is Br.N[C@@H](Cc1ccc([N+](=O)[O-])cc1)c1nc(-c2cccs2)cs1.O=C(NCc1ccccc1)N[C@@H](Cc1ccc(CS(=O)(=O)O)cc1)c1nc(-c2cccs2)cs1.O=C(NCc1ccccc1)N[C@@H](Cc1ccc([N+](=O)[O-])cc1)c1nc(-c2cccs2)cs1.O=C(NCc1ccccc1)N[C@@H](Cc1ccc([N+](=O)[O-])cc1)c1nc(-c2cccs2)cs1. The highest BCUT2D eigenvalue weighted by atomic mass is 79.9. The number of nitrogens with zero attached hydrogens (tertiary/aromatic N) is 7. The molecule has 0 bridgehead atoms. The van der Waals surface area contributed by atoms with E-state index >= 15 is 0 Å². The molecule has 15 rings (SSSR count). The van der Waals surface area contributed by atoms with Gasteiger partial charge in [-0.15, -0.1) is 108 Å². The van der Waals surface area contributed by atoms with Gasteiger partial charge in [-0.05, 0) is 116 Å². The van der Waals surface area contributed by atoms with E-state index in [9.17, 15) is 53.1 Å². The van der Waals surface area contributed by atoms with E-state index in [0.717, 1.165) is 101 Å². The lowest BCUT2D eigenvalue weighted by Gasteiger charge is -2.18. The number of non-ortho nitro benzene ring substituents is 3. The fourth-order valence-corrected chi connectivity index (χ4v) is 18.9. The second-order valence-electron chi connectivity index (χ2n) is 26.5. The van der Waals surface area contributed by atoms with Crippen molar-refractivity contribution < 1.29 is 42.1 Å². The molecule has 26 nitrogen and oxygen atoms in total. The number of nitro groups is 3. The third-order valence-corrected chi connectivity index (χ3v) is 25.9. The molecule has 0 unspecified atom stereocenters. The van der Waals surface area contributed by atoms with Gasteiger partial charge in [0.2, 0.25) is 0 Å². The molecular formula is C85H77BrN14O12S9. The molecule has 7 aromatic carbocycles. The summed E-state index contributed by atoms with van der Waals surface area (Å²) in [5.41, 5.74) is 17.1. The van der Waals surface area contributed by atoms with Crippen LogP contribution in [0.5, 0.6) is 0 Å². The average Bonchev–Trinajstić information content (AvgIpc) is 1.72. The topological polar surface area (TPSA) is 385 Å². The summed E-state index contributed by atoms with van der Waals surface area (Å²) >= 11 is 12.5. The molecule has 9 N–H and O–H groups in total. The van der Waals surface area contributed by atoms with Crippen molar-refractivity contribution in [1.82, 2.24) is 51.8 Å². The monoisotopic (exact) mass is 1850 g/mol. The Balaban J connectivity index is 0.000000159. The van der Waals surface area contributed by atoms with E-state index in [4.69, 9.17) is 25.2 Å². The van der Waals surface area contributed by atoms with Crippen molar-refractivity contribution in [1.29, 1.82) is 0 Å². The smallest absolute Gasteiger partial charge is 0.315 e. The molecule has 0 spiro atoms. The predicted molar refractivity (Wildman–Crippen MR) is 488 cm³/mol. The minimum atomic E-state index is -4.09. The number of carbonyl (C=O) groups excluding carboxylic acids is 3. The number of thiazole rings is 4. The van der Waals surface area contributed by atoms with Crippen LogP contribution < -0.4 is 37.6 Å². The highest BCUT2D eigenvalue weighted by Gasteiger charge is 2.25. The van der Waals surface area contributed by atoms with Crippen LogP contribution in [0.4, 0.5) is 31.4 Å². The Kier molecular flexibility index (Phi) is 33.5. The molecule has 0 saturated heterocycles. The van der Waals surface area contributed by atoms with Crippen molar-refractivity contribution in [2.24, 2.45) is 5.73 Å². The number of carbonyl (C=O) groups is 3. The molecule has 0 fully saturated rings. The van der Waals surface area contributed by atoms with Gasteiger partial charge in [-0.3, -0.25) is 34.9 Å². The van der Waals surface area contributed by atoms with Crippen LogP contribution in [0, 0.1) is 30.3 Å². The summed E-state index contributed by atoms with van der Waals surface area (Å²) in [6.07, 6.45) is 2.01. The summed E-state index contributed by atoms with van der Waals surface area (Å²) in [4.78, 5) is 92.4. The van der Waals surface area contributed by atoms with E-state index in [1.165, 1.54) is 70.4 Å². The van der Waals surface area contributed by atoms with Crippen LogP contribution in [-0.4, -0.2) is 65.8 Å². The van der Waals surface area contributed by atoms with Gasteiger partial charge < -0.3 is 37.6 Å². The first kappa shape index (κ1) is 90.0. The van der Waals surface area contributed by atoms with Crippen LogP contribution in [0.1, 0.15) is 88.7 Å². The van der Waals surface area contributed by atoms with E-state index in [2.05, 4.69) is 36.9 Å². The van der Waals surface area contributed by atoms with Crippen LogP contribution in [0.3, 0.4) is 0 Å². The van der Waals surface area contributed by atoms with Crippen molar-refractivity contribution in [2.45, 2.75) is 75.2 Å². The van der Waals surface area contributed by atoms with E-state index in [1.807, 2.05) is 183 Å². The molecule has 8 heterocycles. The van der Waals surface area contributed by atoms with Crippen LogP contribution in [0.2, 0.25) is 0 Å². The zero-order valence-corrected chi connectivity index (χ0v) is 72.9. The zero-order chi connectivity index (χ0) is 84.2. The van der Waals surface area contributed by atoms with Gasteiger partial charge in [0.05, 0.1) is 81.2 Å². The van der Waals surface area contributed by atoms with Crippen LogP contribution in [0.25, 0.3) is 42.3 Å². The maximum absolute atomic E-state index is 12.7. The van der Waals surface area contributed by atoms with Crippen molar-refractivity contribution in [3.05, 3.63) is 375 Å². The van der Waals surface area contributed by atoms with Gasteiger partial charge in [0.1, 0.15) is 25.8 Å². The summed E-state index contributed by atoms with van der Waals surface area (Å²) in [5.74, 6) is -0.437. The summed E-state index contributed by atoms with van der Waals surface area (Å²) in [5, 5.41) is 69.4. The first-order valence-electron chi connectivity index (χ1n) is 36.9. The molecule has 4 atom stereocenters. The fraction of sp³-hybridized carbons (Fsp3) is 0.141. The highest BCUT2D eigenvalue weighted by Crippen LogP contribution is 2.35. The number of rotatable bonds is 30. The number of benzene rings is 7. The van der Waals surface area contributed by atoms with E-state index in [1.54, 1.807) is 117 Å².